The third-order valence-electron chi connectivity index (χ3n) is 5.35. The van der Waals surface area contributed by atoms with Gasteiger partial charge in [0, 0.05) is 29.7 Å². The number of aliphatic hydroxyl groups is 1. The summed E-state index contributed by atoms with van der Waals surface area (Å²) in [4.78, 5) is 12.7. The molecule has 0 heterocycles. The molecule has 3 aromatic carbocycles. The van der Waals surface area contributed by atoms with Crippen molar-refractivity contribution >= 4 is 17.5 Å². The third kappa shape index (κ3) is 7.63. The summed E-state index contributed by atoms with van der Waals surface area (Å²) >= 11 is 5.89. The number of carbonyl (C=O) groups is 1. The lowest BCUT2D eigenvalue weighted by molar-refractivity contribution is 0.0830. The first-order valence-corrected chi connectivity index (χ1v) is 11.2. The minimum atomic E-state index is -0.998. The summed E-state index contributed by atoms with van der Waals surface area (Å²) in [5.41, 5.74) is 3.00. The van der Waals surface area contributed by atoms with Crippen LogP contribution < -0.4 is 10.6 Å². The van der Waals surface area contributed by atoms with Crippen LogP contribution in [0.2, 0.25) is 5.02 Å². The second kappa shape index (κ2) is 11.9. The molecule has 33 heavy (non-hydrogen) atoms. The largest absolute Gasteiger partial charge is 0.390 e. The Labute approximate surface area is 197 Å². The minimum Gasteiger partial charge on any atom is -0.390 e. The molecule has 0 aromatic heterocycles. The fraction of sp³-hybridized carbons (Fsp3) is 0.269. The normalized spacial score (nSPS) is 12.9. The van der Waals surface area contributed by atoms with Gasteiger partial charge in [-0.2, -0.15) is 0 Å². The maximum atomic E-state index is 13.7. The Hall–Kier alpha value is -2.80. The molecule has 0 aliphatic heterocycles. The van der Waals surface area contributed by atoms with Crippen molar-refractivity contribution in [2.75, 3.05) is 6.54 Å². The fourth-order valence-electron chi connectivity index (χ4n) is 3.59. The molecule has 3 aromatic rings. The summed E-state index contributed by atoms with van der Waals surface area (Å²) in [5, 5.41) is 17.3. The molecular weight excluding hydrogens is 446 g/mol. The Bertz CT molecular complexity index is 1060. The SMILES string of the molecule is CCc1cccc(CNCC(O)C(Cc2cc(F)cc(F)c2)NC(=O)c2ccc(Cl)cc2)c1. The predicted octanol–water partition coefficient (Wildman–Crippen LogP) is 4.67. The van der Waals surface area contributed by atoms with E-state index in [4.69, 9.17) is 11.6 Å². The van der Waals surface area contributed by atoms with E-state index in [0.29, 0.717) is 22.7 Å². The Morgan fingerprint density at radius 2 is 1.64 bits per heavy atom. The molecule has 0 saturated carbocycles. The van der Waals surface area contributed by atoms with Crippen LogP contribution in [0.4, 0.5) is 8.78 Å². The molecular formula is C26H27ClF2N2O2. The lowest BCUT2D eigenvalue weighted by Gasteiger charge is -2.25. The highest BCUT2D eigenvalue weighted by atomic mass is 35.5. The number of nitrogens with one attached hydrogen (secondary N) is 2. The zero-order chi connectivity index (χ0) is 23.8. The van der Waals surface area contributed by atoms with Crippen LogP contribution in [0.1, 0.15) is 34.0 Å². The van der Waals surface area contributed by atoms with Gasteiger partial charge in [0.25, 0.3) is 5.91 Å². The van der Waals surface area contributed by atoms with Gasteiger partial charge in [-0.15, -0.1) is 0 Å². The van der Waals surface area contributed by atoms with Gasteiger partial charge in [0.1, 0.15) is 11.6 Å². The molecule has 3 rings (SSSR count). The highest BCUT2D eigenvalue weighted by Crippen LogP contribution is 2.14. The van der Waals surface area contributed by atoms with Gasteiger partial charge in [-0.1, -0.05) is 42.8 Å². The summed E-state index contributed by atoms with van der Waals surface area (Å²) in [6, 6.07) is 16.9. The molecule has 0 spiro atoms. The maximum Gasteiger partial charge on any atom is 0.251 e. The predicted molar refractivity (Wildman–Crippen MR) is 126 cm³/mol. The van der Waals surface area contributed by atoms with Crippen molar-refractivity contribution in [3.05, 3.63) is 106 Å². The molecule has 0 aliphatic carbocycles. The van der Waals surface area contributed by atoms with E-state index in [1.54, 1.807) is 24.3 Å². The molecule has 7 heteroatoms. The molecule has 0 fully saturated rings. The van der Waals surface area contributed by atoms with Gasteiger partial charge in [-0.25, -0.2) is 8.78 Å². The smallest absolute Gasteiger partial charge is 0.251 e. The highest BCUT2D eigenvalue weighted by Gasteiger charge is 2.23. The molecule has 2 unspecified atom stereocenters. The number of hydrogen-bond acceptors (Lipinski definition) is 3. The molecule has 0 saturated heterocycles. The summed E-state index contributed by atoms with van der Waals surface area (Å²) in [6.07, 6.45) is -0.0105. The van der Waals surface area contributed by atoms with E-state index in [9.17, 15) is 18.7 Å². The van der Waals surface area contributed by atoms with Gasteiger partial charge in [-0.3, -0.25) is 4.79 Å². The number of halogens is 3. The van der Waals surface area contributed by atoms with Crippen molar-refractivity contribution in [3.63, 3.8) is 0 Å². The molecule has 1 amide bonds. The van der Waals surface area contributed by atoms with Gasteiger partial charge < -0.3 is 15.7 Å². The van der Waals surface area contributed by atoms with Crippen molar-refractivity contribution in [2.45, 2.75) is 38.5 Å². The lowest BCUT2D eigenvalue weighted by Crippen LogP contribution is -2.48. The van der Waals surface area contributed by atoms with Crippen LogP contribution in [-0.2, 0) is 19.4 Å². The van der Waals surface area contributed by atoms with E-state index in [0.717, 1.165) is 18.1 Å². The number of amides is 1. The number of aliphatic hydroxyl groups excluding tert-OH is 1. The van der Waals surface area contributed by atoms with E-state index in [1.807, 2.05) is 12.1 Å². The summed E-state index contributed by atoms with van der Waals surface area (Å²) in [5.74, 6) is -1.84. The third-order valence-corrected chi connectivity index (χ3v) is 5.60. The van der Waals surface area contributed by atoms with Crippen LogP contribution in [0.5, 0.6) is 0 Å². The molecule has 174 valence electrons. The Kier molecular flexibility index (Phi) is 8.95. The standard InChI is InChI=1S/C26H27ClF2N2O2/c1-2-17-4-3-5-18(10-17)15-30-16-25(32)24(13-19-11-22(28)14-23(29)12-19)31-26(33)20-6-8-21(27)9-7-20/h3-12,14,24-25,30,32H,2,13,15-16H2,1H3,(H,31,33). The molecule has 4 nitrogen and oxygen atoms in total. The van der Waals surface area contributed by atoms with Gasteiger partial charge in [0.15, 0.2) is 0 Å². The zero-order valence-electron chi connectivity index (χ0n) is 18.3. The van der Waals surface area contributed by atoms with E-state index in [1.165, 1.54) is 17.7 Å². The second-order valence-electron chi connectivity index (χ2n) is 7.94. The minimum absolute atomic E-state index is 0.0577. The first-order chi connectivity index (χ1) is 15.8. The number of hydrogen-bond donors (Lipinski definition) is 3. The topological polar surface area (TPSA) is 61.4 Å². The van der Waals surface area contributed by atoms with Crippen LogP contribution in [0, 0.1) is 11.6 Å². The number of rotatable bonds is 10. The van der Waals surface area contributed by atoms with E-state index < -0.39 is 29.7 Å². The summed E-state index contributed by atoms with van der Waals surface area (Å²) < 4.78 is 27.4. The van der Waals surface area contributed by atoms with Crippen LogP contribution >= 0.6 is 11.6 Å². The molecule has 3 N–H and O–H groups in total. The average molecular weight is 473 g/mol. The van der Waals surface area contributed by atoms with Crippen LogP contribution in [0.3, 0.4) is 0 Å². The van der Waals surface area contributed by atoms with E-state index in [2.05, 4.69) is 29.7 Å². The quantitative estimate of drug-likeness (QED) is 0.402. The Morgan fingerprint density at radius 1 is 0.970 bits per heavy atom. The lowest BCUT2D eigenvalue weighted by atomic mass is 10.00. The van der Waals surface area contributed by atoms with Crippen LogP contribution in [0.15, 0.2) is 66.7 Å². The average Bonchev–Trinajstić information content (AvgIpc) is 2.78. The summed E-state index contributed by atoms with van der Waals surface area (Å²) in [7, 11) is 0. The molecule has 0 radical (unpaired) electrons. The molecule has 0 bridgehead atoms. The molecule has 0 aliphatic rings. The number of carbonyl (C=O) groups excluding carboxylic acids is 1. The second-order valence-corrected chi connectivity index (χ2v) is 8.38. The monoisotopic (exact) mass is 472 g/mol. The highest BCUT2D eigenvalue weighted by molar-refractivity contribution is 6.30. The van der Waals surface area contributed by atoms with E-state index >= 15 is 0 Å². The van der Waals surface area contributed by atoms with Crippen molar-refractivity contribution in [1.29, 1.82) is 0 Å². The maximum absolute atomic E-state index is 13.7. The van der Waals surface area contributed by atoms with Gasteiger partial charge in [-0.05, 0) is 65.9 Å². The first-order valence-electron chi connectivity index (χ1n) is 10.8. The molecule has 2 atom stereocenters. The van der Waals surface area contributed by atoms with Gasteiger partial charge in [0.05, 0.1) is 12.1 Å². The van der Waals surface area contributed by atoms with Crippen molar-refractivity contribution in [3.8, 4) is 0 Å². The fourth-order valence-corrected chi connectivity index (χ4v) is 3.71. The van der Waals surface area contributed by atoms with Crippen LogP contribution in [0.25, 0.3) is 0 Å². The van der Waals surface area contributed by atoms with E-state index in [-0.39, 0.29) is 13.0 Å². The zero-order valence-corrected chi connectivity index (χ0v) is 19.1. The van der Waals surface area contributed by atoms with Gasteiger partial charge in [0.2, 0.25) is 0 Å². The van der Waals surface area contributed by atoms with Crippen LogP contribution in [-0.4, -0.2) is 29.7 Å². The number of benzene rings is 3. The van der Waals surface area contributed by atoms with Crippen molar-refractivity contribution in [2.24, 2.45) is 0 Å². The Morgan fingerprint density at radius 3 is 2.30 bits per heavy atom. The Balaban J connectivity index is 1.70. The summed E-state index contributed by atoms with van der Waals surface area (Å²) in [6.45, 7) is 2.80. The van der Waals surface area contributed by atoms with Crippen molar-refractivity contribution in [1.82, 2.24) is 10.6 Å². The number of aryl methyl sites for hydroxylation is 1. The van der Waals surface area contributed by atoms with Crippen molar-refractivity contribution < 1.29 is 18.7 Å². The van der Waals surface area contributed by atoms with Gasteiger partial charge >= 0.3 is 0 Å². The first kappa shape index (κ1) is 24.8.